The van der Waals surface area contributed by atoms with Gasteiger partial charge in [0.05, 0.1) is 80.0 Å². The Balaban J connectivity index is 1.01. The number of H-pyrrole nitrogens is 4. The first-order valence-corrected chi connectivity index (χ1v) is 35.5. The van der Waals surface area contributed by atoms with Crippen molar-refractivity contribution in [2.45, 2.75) is 19.6 Å². The van der Waals surface area contributed by atoms with Crippen LogP contribution in [0.5, 0.6) is 0 Å². The average Bonchev–Trinajstić information content (AvgIpc) is 0.828. The number of aromatic amines is 4. The zero-order chi connectivity index (χ0) is 70.0. The molecule has 46 heteroatoms. The molecule has 0 saturated heterocycles. The minimum atomic E-state index is -5.08. The summed E-state index contributed by atoms with van der Waals surface area (Å²) in [6, 6.07) is 22.7. The van der Waals surface area contributed by atoms with E-state index in [1.807, 2.05) is 0 Å². The van der Waals surface area contributed by atoms with Crippen LogP contribution in [0.1, 0.15) is 11.1 Å². The Bertz CT molecular complexity index is 5210. The van der Waals surface area contributed by atoms with Crippen molar-refractivity contribution in [3.8, 4) is 0 Å². The molecule has 0 amide bonds. The Morgan fingerprint density at radius 2 is 0.833 bits per heavy atom. The molecule has 8 rings (SSSR count). The first-order valence-electron chi connectivity index (χ1n) is 25.8. The van der Waals surface area contributed by atoms with Crippen molar-refractivity contribution in [2.75, 3.05) is 35.4 Å². The smallest absolute Gasteiger partial charge is 0.397 e. The number of halogens is 2. The second kappa shape index (κ2) is 29.8. The molecule has 2 aromatic heterocycles. The Hall–Kier alpha value is -9.94. The predicted molar refractivity (Wildman–Crippen MR) is 339 cm³/mol. The van der Waals surface area contributed by atoms with Crippen LogP contribution in [0.4, 0.5) is 56.9 Å². The van der Waals surface area contributed by atoms with Gasteiger partial charge in [-0.15, -0.1) is 10.2 Å². The van der Waals surface area contributed by atoms with Crippen molar-refractivity contribution in [1.29, 1.82) is 10.8 Å². The molecule has 8 aromatic rings. The Morgan fingerprint density at radius 3 is 1.19 bits per heavy atom. The SMILES string of the molecule is N=C(O)Nc1cc(N=c2[nH]c(Cl)nc(=Nc3cccc(S(=O)(=O)CCOS(=O)(=O)O)c3)[nH]2)ccc1N=Nc1ccc(C=Cc2ccc(N=Nc3ccc(N=c4[nH]c(Cl)nc(=Nc5cccc(S(=O)(=O)CCOS(=O)(=O)O)c5)[nH]4)cc3NC(=N)O)cc2S(=O)(=O)O)c(S(=O)(=O)O)c1. The third-order valence-corrected chi connectivity index (χ3v) is 18.2. The standard InChI is InChI=1S/C50H44Cl2N18O20S6/c51-43-61-47(55-29-3-1-5-35(21-29)91(73,74)19-17-89-95(83,84)85)65-49(63-43)57-31-13-15-37(39(23-31)59-45(53)71)69-67-33-11-9-27(41(25-33)93(77,78)79)7-8-28-10-12-34(26-42(28)94(80,81)82)68-70-38-16-14-32(24-40(38)60-46(54)72)58-50-64-44(52)62-48(66-50)56-30-4-2-6-36(22-30)92(75,76)20-18-90-96(86,87)88/h1-16,21-26H,17-20H2,(H3,53,59,71)(H3,54,60,72)(H,77,78,79)(H,80,81,82)(H,83,84,85)(H,86,87,88)(H2,55,57,61,63,65)(H2,56,58,62,64,66). The molecule has 0 saturated carbocycles. The van der Waals surface area contributed by atoms with E-state index in [1.165, 1.54) is 97.1 Å². The van der Waals surface area contributed by atoms with E-state index in [0.717, 1.165) is 36.4 Å². The van der Waals surface area contributed by atoms with Crippen molar-refractivity contribution in [3.63, 3.8) is 0 Å². The summed E-state index contributed by atoms with van der Waals surface area (Å²) in [6.07, 6.45) is 2.18. The van der Waals surface area contributed by atoms with Gasteiger partial charge in [0.25, 0.3) is 32.3 Å². The maximum absolute atomic E-state index is 12.8. The number of amidine groups is 2. The molecule has 0 spiro atoms. The van der Waals surface area contributed by atoms with Crippen LogP contribution in [0.15, 0.2) is 181 Å². The second-order valence-electron chi connectivity index (χ2n) is 18.7. The lowest BCUT2D eigenvalue weighted by Gasteiger charge is -2.08. The summed E-state index contributed by atoms with van der Waals surface area (Å²) in [6.45, 7) is -1.74. The van der Waals surface area contributed by atoms with E-state index in [0.29, 0.717) is 0 Å². The number of aliphatic hydroxyl groups excluding tert-OH is 2. The van der Waals surface area contributed by atoms with Crippen molar-refractivity contribution in [2.24, 2.45) is 40.4 Å². The van der Waals surface area contributed by atoms with E-state index in [9.17, 15) is 69.8 Å². The third-order valence-electron chi connectivity index (χ3n) is 11.8. The van der Waals surface area contributed by atoms with Crippen molar-refractivity contribution in [1.82, 2.24) is 29.9 Å². The molecule has 0 unspecified atom stereocenters. The van der Waals surface area contributed by atoms with Crippen LogP contribution in [0, 0.1) is 10.8 Å². The molecule has 14 N–H and O–H groups in total. The molecule has 0 radical (unpaired) electrons. The number of nitrogens with one attached hydrogen (secondary N) is 8. The number of hydrogen-bond donors (Lipinski definition) is 14. The third kappa shape index (κ3) is 21.3. The first kappa shape index (κ1) is 71.9. The number of anilines is 2. The van der Waals surface area contributed by atoms with Gasteiger partial charge in [0, 0.05) is 0 Å². The lowest BCUT2D eigenvalue weighted by atomic mass is 10.1. The average molecular weight is 1480 g/mol. The molecule has 0 fully saturated rings. The largest absolute Gasteiger partial charge is 0.481 e. The van der Waals surface area contributed by atoms with Gasteiger partial charge >= 0.3 is 20.8 Å². The molecule has 0 aliphatic heterocycles. The molecule has 6 aromatic carbocycles. The second-order valence-corrected chi connectivity index (χ2v) is 28.6. The summed E-state index contributed by atoms with van der Waals surface area (Å²) in [7, 11) is -28.2. The minimum absolute atomic E-state index is 0.0405. The summed E-state index contributed by atoms with van der Waals surface area (Å²) < 4.78 is 192. The minimum Gasteiger partial charge on any atom is -0.481 e. The van der Waals surface area contributed by atoms with Crippen LogP contribution in [0.25, 0.3) is 12.2 Å². The number of nitrogens with zero attached hydrogens (tertiary/aromatic N) is 10. The molecular weight excluding hydrogens is 1440 g/mol. The highest BCUT2D eigenvalue weighted by atomic mass is 35.5. The van der Waals surface area contributed by atoms with E-state index in [1.54, 1.807) is 0 Å². The fraction of sp³-hybridized carbons (Fsp3) is 0.0800. The van der Waals surface area contributed by atoms with Crippen LogP contribution in [-0.4, -0.2) is 146 Å². The van der Waals surface area contributed by atoms with Crippen molar-refractivity contribution < 1.29 is 87.3 Å². The van der Waals surface area contributed by atoms with Gasteiger partial charge in [-0.1, -0.05) is 36.4 Å². The maximum Gasteiger partial charge on any atom is 0.397 e. The van der Waals surface area contributed by atoms with E-state index in [2.05, 4.69) is 89.3 Å². The summed E-state index contributed by atoms with van der Waals surface area (Å²) in [5.74, 6) is -1.62. The van der Waals surface area contributed by atoms with Crippen molar-refractivity contribution >= 4 is 165 Å². The van der Waals surface area contributed by atoms with Gasteiger partial charge in [-0.25, -0.2) is 45.2 Å². The van der Waals surface area contributed by atoms with E-state index < -0.39 is 107 Å². The van der Waals surface area contributed by atoms with Gasteiger partial charge in [-0.2, -0.15) is 53.9 Å². The summed E-state index contributed by atoms with van der Waals surface area (Å²) >= 11 is 12.4. The number of aliphatic hydroxyl groups is 2. The highest BCUT2D eigenvalue weighted by Gasteiger charge is 2.21. The van der Waals surface area contributed by atoms with Gasteiger partial charge < -0.3 is 30.8 Å². The van der Waals surface area contributed by atoms with E-state index >= 15 is 0 Å². The number of hydrogen-bond acceptors (Lipinski definition) is 26. The first-order chi connectivity index (χ1) is 44.9. The van der Waals surface area contributed by atoms with Gasteiger partial charge in [-0.05, 0) is 131 Å². The quantitative estimate of drug-likeness (QED) is 0.0101. The molecular formula is C50H44Cl2N18O20S6. The normalized spacial score (nSPS) is 13.5. The molecule has 0 aliphatic carbocycles. The van der Waals surface area contributed by atoms with Crippen LogP contribution in [0.2, 0.25) is 10.6 Å². The zero-order valence-corrected chi connectivity index (χ0v) is 54.0. The topological polar surface area (TPSA) is 604 Å². The molecule has 0 atom stereocenters. The Kier molecular flexibility index (Phi) is 22.3. The molecule has 38 nitrogen and oxygen atoms in total. The molecule has 0 aliphatic rings. The van der Waals surface area contributed by atoms with Crippen LogP contribution in [-0.2, 0) is 69.1 Å². The van der Waals surface area contributed by atoms with Crippen molar-refractivity contribution in [3.05, 3.63) is 165 Å². The highest BCUT2D eigenvalue weighted by Crippen LogP contribution is 2.35. The summed E-state index contributed by atoms with van der Waals surface area (Å²) in [4.78, 5) is 34.0. The maximum atomic E-state index is 12.8. The molecule has 2 heterocycles. The van der Waals surface area contributed by atoms with Crippen LogP contribution in [0.3, 0.4) is 0 Å². The fourth-order valence-corrected chi connectivity index (χ4v) is 12.6. The number of rotatable bonds is 24. The van der Waals surface area contributed by atoms with E-state index in [-0.39, 0.29) is 111 Å². The monoisotopic (exact) mass is 1480 g/mol. The lowest BCUT2D eigenvalue weighted by molar-refractivity contribution is 0.282. The summed E-state index contributed by atoms with van der Waals surface area (Å²) in [5.41, 5.74) is -1.41. The van der Waals surface area contributed by atoms with Crippen LogP contribution < -0.4 is 33.1 Å². The van der Waals surface area contributed by atoms with E-state index in [4.69, 9.17) is 43.1 Å². The van der Waals surface area contributed by atoms with Gasteiger partial charge in [0.15, 0.2) is 19.7 Å². The van der Waals surface area contributed by atoms with Gasteiger partial charge in [0.2, 0.25) is 33.0 Å². The fourth-order valence-electron chi connectivity index (χ4n) is 7.83. The number of benzene rings is 6. The predicted octanol–water partition coefficient (Wildman–Crippen LogP) is 6.52. The number of sulfone groups is 2. The zero-order valence-electron chi connectivity index (χ0n) is 47.6. The highest BCUT2D eigenvalue weighted by molar-refractivity contribution is 7.91. The Labute approximate surface area is 550 Å². The number of azo groups is 2. The van der Waals surface area contributed by atoms with Crippen LogP contribution >= 0.6 is 23.2 Å². The lowest BCUT2D eigenvalue weighted by Crippen LogP contribution is -2.26. The van der Waals surface area contributed by atoms with Gasteiger partial charge in [-0.3, -0.25) is 39.0 Å². The number of aromatic nitrogens is 6. The molecule has 504 valence electrons. The molecule has 0 bridgehead atoms. The summed E-state index contributed by atoms with van der Waals surface area (Å²) in [5, 5.41) is 55.5. The molecule has 96 heavy (non-hydrogen) atoms. The Morgan fingerprint density at radius 1 is 0.469 bits per heavy atom. The van der Waals surface area contributed by atoms with Gasteiger partial charge in [0.1, 0.15) is 21.2 Å².